The van der Waals surface area contributed by atoms with E-state index in [4.69, 9.17) is 9.84 Å². The van der Waals surface area contributed by atoms with Crippen LogP contribution in [0.25, 0.3) is 0 Å². The van der Waals surface area contributed by atoms with Crippen LogP contribution in [0.1, 0.15) is 20.1 Å². The van der Waals surface area contributed by atoms with Gasteiger partial charge in [0.2, 0.25) is 0 Å². The fourth-order valence-corrected chi connectivity index (χ4v) is 2.47. The Hall–Kier alpha value is -1.39. The molecule has 0 aliphatic carbocycles. The molecular weight excluding hydrogens is 288 g/mol. The summed E-state index contributed by atoms with van der Waals surface area (Å²) >= 11 is 1.34. The van der Waals surface area contributed by atoms with E-state index in [0.717, 1.165) is 17.0 Å². The van der Waals surface area contributed by atoms with Gasteiger partial charge in [-0.05, 0) is 32.6 Å². The SMILES string of the molecule is Cc1cc(C(=O)NCCOCCN(C)C)sc1C#CCO. The maximum absolute atomic E-state index is 12.0. The van der Waals surface area contributed by atoms with Crippen molar-refractivity contribution in [2.75, 3.05) is 47.0 Å². The average molecular weight is 310 g/mol. The molecular formula is C15H22N2O3S. The van der Waals surface area contributed by atoms with Crippen LogP contribution in [-0.4, -0.2) is 62.9 Å². The van der Waals surface area contributed by atoms with Crippen molar-refractivity contribution in [3.63, 3.8) is 0 Å². The van der Waals surface area contributed by atoms with Crippen molar-refractivity contribution in [3.05, 3.63) is 21.4 Å². The van der Waals surface area contributed by atoms with Crippen LogP contribution in [0.15, 0.2) is 6.07 Å². The van der Waals surface area contributed by atoms with Crippen molar-refractivity contribution >= 4 is 17.2 Å². The molecule has 0 saturated carbocycles. The highest BCUT2D eigenvalue weighted by atomic mass is 32.1. The summed E-state index contributed by atoms with van der Waals surface area (Å²) in [4.78, 5) is 15.5. The second-order valence-corrected chi connectivity index (χ2v) is 5.81. The van der Waals surface area contributed by atoms with E-state index in [9.17, 15) is 4.79 Å². The zero-order valence-electron chi connectivity index (χ0n) is 12.7. The van der Waals surface area contributed by atoms with Crippen LogP contribution in [0, 0.1) is 18.8 Å². The molecule has 116 valence electrons. The van der Waals surface area contributed by atoms with E-state index >= 15 is 0 Å². The lowest BCUT2D eigenvalue weighted by atomic mass is 10.2. The number of aliphatic hydroxyl groups excluding tert-OH is 1. The van der Waals surface area contributed by atoms with E-state index in [2.05, 4.69) is 17.2 Å². The standard InChI is InChI=1S/C15H22N2O3S/c1-12-11-14(21-13(12)5-4-8-18)15(19)16-6-9-20-10-7-17(2)3/h11,18H,6-10H2,1-3H3,(H,16,19). The average Bonchev–Trinajstić information content (AvgIpc) is 2.81. The topological polar surface area (TPSA) is 61.8 Å². The van der Waals surface area contributed by atoms with E-state index in [1.54, 1.807) is 0 Å². The zero-order chi connectivity index (χ0) is 15.7. The number of hydrogen-bond donors (Lipinski definition) is 2. The van der Waals surface area contributed by atoms with Crippen molar-refractivity contribution < 1.29 is 14.6 Å². The molecule has 1 aromatic heterocycles. The first-order valence-electron chi connectivity index (χ1n) is 6.75. The van der Waals surface area contributed by atoms with Gasteiger partial charge in [-0.15, -0.1) is 11.3 Å². The molecule has 1 amide bonds. The molecule has 0 bridgehead atoms. The van der Waals surface area contributed by atoms with E-state index in [1.165, 1.54) is 11.3 Å². The first-order valence-corrected chi connectivity index (χ1v) is 7.57. The Kier molecular flexibility index (Phi) is 8.01. The number of nitrogens with one attached hydrogen (secondary N) is 1. The largest absolute Gasteiger partial charge is 0.384 e. The third kappa shape index (κ3) is 6.74. The first-order chi connectivity index (χ1) is 10.0. The highest BCUT2D eigenvalue weighted by Gasteiger charge is 2.10. The smallest absolute Gasteiger partial charge is 0.261 e. The zero-order valence-corrected chi connectivity index (χ0v) is 13.5. The molecule has 0 aromatic carbocycles. The number of rotatable bonds is 7. The lowest BCUT2D eigenvalue weighted by molar-refractivity contribution is 0.0904. The van der Waals surface area contributed by atoms with Crippen LogP contribution < -0.4 is 5.32 Å². The van der Waals surface area contributed by atoms with Crippen LogP contribution in [-0.2, 0) is 4.74 Å². The van der Waals surface area contributed by atoms with E-state index in [1.807, 2.05) is 32.0 Å². The van der Waals surface area contributed by atoms with Gasteiger partial charge in [-0.25, -0.2) is 0 Å². The summed E-state index contributed by atoms with van der Waals surface area (Å²) in [6.45, 7) is 4.23. The Bertz CT molecular complexity index is 515. The Morgan fingerprint density at radius 2 is 2.24 bits per heavy atom. The summed E-state index contributed by atoms with van der Waals surface area (Å²) in [5.41, 5.74) is 0.952. The molecule has 0 unspecified atom stereocenters. The summed E-state index contributed by atoms with van der Waals surface area (Å²) < 4.78 is 5.41. The molecule has 0 radical (unpaired) electrons. The molecule has 6 heteroatoms. The Morgan fingerprint density at radius 1 is 1.48 bits per heavy atom. The van der Waals surface area contributed by atoms with Crippen molar-refractivity contribution in [2.24, 2.45) is 0 Å². The van der Waals surface area contributed by atoms with Gasteiger partial charge in [0.1, 0.15) is 6.61 Å². The fraction of sp³-hybridized carbons (Fsp3) is 0.533. The minimum Gasteiger partial charge on any atom is -0.384 e. The van der Waals surface area contributed by atoms with E-state index in [0.29, 0.717) is 24.6 Å². The van der Waals surface area contributed by atoms with Crippen LogP contribution in [0.4, 0.5) is 0 Å². The summed E-state index contributed by atoms with van der Waals surface area (Å²) in [6, 6.07) is 1.81. The highest BCUT2D eigenvalue weighted by Crippen LogP contribution is 2.20. The Morgan fingerprint density at radius 3 is 2.90 bits per heavy atom. The van der Waals surface area contributed by atoms with Gasteiger partial charge >= 0.3 is 0 Å². The van der Waals surface area contributed by atoms with Crippen LogP contribution in [0.3, 0.4) is 0 Å². The fourth-order valence-electron chi connectivity index (χ4n) is 1.51. The van der Waals surface area contributed by atoms with Crippen molar-refractivity contribution in [1.82, 2.24) is 10.2 Å². The maximum atomic E-state index is 12.0. The minimum atomic E-state index is -0.177. The van der Waals surface area contributed by atoms with Gasteiger partial charge in [0.05, 0.1) is 23.0 Å². The first kappa shape index (κ1) is 17.7. The molecule has 0 atom stereocenters. The molecule has 2 N–H and O–H groups in total. The van der Waals surface area contributed by atoms with Gasteiger partial charge in [-0.3, -0.25) is 4.79 Å². The maximum Gasteiger partial charge on any atom is 0.261 e. The Labute approximate surface area is 129 Å². The number of amides is 1. The number of likely N-dealkylation sites (N-methyl/N-ethyl adjacent to an activating group) is 1. The van der Waals surface area contributed by atoms with Crippen molar-refractivity contribution in [1.29, 1.82) is 0 Å². The van der Waals surface area contributed by atoms with Crippen molar-refractivity contribution in [3.8, 4) is 11.8 Å². The molecule has 0 saturated heterocycles. The van der Waals surface area contributed by atoms with E-state index < -0.39 is 0 Å². The highest BCUT2D eigenvalue weighted by molar-refractivity contribution is 7.14. The molecule has 0 aliphatic rings. The molecule has 21 heavy (non-hydrogen) atoms. The number of nitrogens with zero attached hydrogens (tertiary/aromatic N) is 1. The van der Waals surface area contributed by atoms with E-state index in [-0.39, 0.29) is 12.5 Å². The molecule has 0 spiro atoms. The predicted molar refractivity (Wildman–Crippen MR) is 84.7 cm³/mol. The van der Waals surface area contributed by atoms with Gasteiger partial charge in [-0.1, -0.05) is 11.8 Å². The molecule has 5 nitrogen and oxygen atoms in total. The minimum absolute atomic E-state index is 0.114. The summed E-state index contributed by atoms with van der Waals surface area (Å²) in [5, 5.41) is 11.5. The van der Waals surface area contributed by atoms with Gasteiger partial charge in [0.25, 0.3) is 5.91 Å². The predicted octanol–water partition coefficient (Wildman–Crippen LogP) is 0.708. The third-order valence-corrected chi connectivity index (χ3v) is 3.79. The van der Waals surface area contributed by atoms with Gasteiger partial charge in [-0.2, -0.15) is 0 Å². The second kappa shape index (κ2) is 9.53. The number of aliphatic hydroxyl groups is 1. The number of ether oxygens (including phenoxy) is 1. The van der Waals surface area contributed by atoms with Gasteiger partial charge < -0.3 is 20.1 Å². The third-order valence-electron chi connectivity index (χ3n) is 2.64. The lowest BCUT2D eigenvalue weighted by Crippen LogP contribution is -2.27. The summed E-state index contributed by atoms with van der Waals surface area (Å²) in [7, 11) is 3.98. The number of hydrogen-bond acceptors (Lipinski definition) is 5. The summed E-state index contributed by atoms with van der Waals surface area (Å²) in [5.74, 6) is 5.32. The van der Waals surface area contributed by atoms with Crippen LogP contribution >= 0.6 is 11.3 Å². The normalized spacial score (nSPS) is 10.3. The van der Waals surface area contributed by atoms with Crippen LogP contribution in [0.2, 0.25) is 0 Å². The molecule has 1 rings (SSSR count). The number of thiophene rings is 1. The number of carbonyl (C=O) groups is 1. The molecule has 1 aromatic rings. The Balaban J connectivity index is 2.35. The van der Waals surface area contributed by atoms with Gasteiger partial charge in [0.15, 0.2) is 0 Å². The van der Waals surface area contributed by atoms with Crippen LogP contribution in [0.5, 0.6) is 0 Å². The monoisotopic (exact) mass is 310 g/mol. The summed E-state index contributed by atoms with van der Waals surface area (Å²) in [6.07, 6.45) is 0. The molecule has 0 fully saturated rings. The quantitative estimate of drug-likeness (QED) is 0.575. The molecule has 0 aliphatic heterocycles. The van der Waals surface area contributed by atoms with Crippen molar-refractivity contribution in [2.45, 2.75) is 6.92 Å². The number of aryl methyl sites for hydroxylation is 1. The lowest BCUT2D eigenvalue weighted by Gasteiger charge is -2.09. The van der Waals surface area contributed by atoms with Gasteiger partial charge in [0, 0.05) is 13.1 Å². The second-order valence-electron chi connectivity index (χ2n) is 4.75. The molecule has 1 heterocycles. The number of carbonyl (C=O) groups excluding carboxylic acids is 1.